The van der Waals surface area contributed by atoms with E-state index in [1.165, 1.54) is 0 Å². The molecule has 0 fully saturated rings. The minimum absolute atomic E-state index is 0.326. The monoisotopic (exact) mass is 271 g/mol. The van der Waals surface area contributed by atoms with Crippen LogP contribution in [0.4, 0.5) is 5.69 Å². The van der Waals surface area contributed by atoms with E-state index in [0.717, 1.165) is 6.42 Å². The molecule has 15 heavy (non-hydrogen) atoms. The van der Waals surface area contributed by atoms with Gasteiger partial charge in [0.25, 0.3) is 5.91 Å². The second-order valence-electron chi connectivity index (χ2n) is 3.24. The lowest BCUT2D eigenvalue weighted by Gasteiger charge is -2.17. The highest BCUT2D eigenvalue weighted by molar-refractivity contribution is 9.10. The number of carbonyl (C=O) groups excluding carboxylic acids is 1. The molecule has 4 heteroatoms. The number of amides is 1. The minimum atomic E-state index is -0.331. The summed E-state index contributed by atoms with van der Waals surface area (Å²) in [6.07, 6.45) is 1.60. The zero-order valence-electron chi connectivity index (χ0n) is 8.56. The molecular weight excluding hydrogens is 258 g/mol. The highest BCUT2D eigenvalue weighted by Crippen LogP contribution is 2.17. The topological polar surface area (TPSA) is 40.5 Å². The third-order valence-electron chi connectivity index (χ3n) is 2.02. The van der Waals surface area contributed by atoms with Crippen molar-refractivity contribution in [3.63, 3.8) is 0 Å². The zero-order valence-corrected chi connectivity index (χ0v) is 10.1. The molecule has 0 aliphatic carbocycles. The Morgan fingerprint density at radius 1 is 1.47 bits per heavy atom. The minimum Gasteiger partial charge on any atom is -0.281 e. The zero-order chi connectivity index (χ0) is 11.3. The van der Waals surface area contributed by atoms with Crippen LogP contribution in [-0.4, -0.2) is 15.9 Å². The molecule has 0 bridgehead atoms. The van der Waals surface area contributed by atoms with E-state index in [2.05, 4.69) is 15.9 Å². The van der Waals surface area contributed by atoms with Crippen molar-refractivity contribution in [1.82, 2.24) is 0 Å². The third-order valence-corrected chi connectivity index (χ3v) is 2.87. The Morgan fingerprint density at radius 3 is 2.60 bits per heavy atom. The number of nitrogens with zero attached hydrogens (tertiary/aromatic N) is 1. The van der Waals surface area contributed by atoms with Crippen LogP contribution in [0.1, 0.15) is 19.8 Å². The van der Waals surface area contributed by atoms with Crippen LogP contribution >= 0.6 is 15.9 Å². The van der Waals surface area contributed by atoms with Gasteiger partial charge in [0.2, 0.25) is 0 Å². The average Bonchev–Trinajstić information content (AvgIpc) is 2.28. The van der Waals surface area contributed by atoms with Gasteiger partial charge in [0.15, 0.2) is 0 Å². The molecule has 1 N–H and O–H groups in total. The fourth-order valence-electron chi connectivity index (χ4n) is 1.21. The molecule has 0 radical (unpaired) electrons. The molecule has 82 valence electrons. The van der Waals surface area contributed by atoms with Gasteiger partial charge >= 0.3 is 0 Å². The number of para-hydroxylation sites is 1. The van der Waals surface area contributed by atoms with Crippen LogP contribution in [-0.2, 0) is 4.79 Å². The molecule has 0 spiro atoms. The summed E-state index contributed by atoms with van der Waals surface area (Å²) in [5.41, 5.74) is 0.489. The maximum absolute atomic E-state index is 11.7. The van der Waals surface area contributed by atoms with Gasteiger partial charge in [-0.3, -0.25) is 10.0 Å². The predicted octanol–water partition coefficient (Wildman–Crippen LogP) is 2.97. The summed E-state index contributed by atoms with van der Waals surface area (Å²) in [6.45, 7) is 1.99. The van der Waals surface area contributed by atoms with E-state index < -0.39 is 0 Å². The molecule has 0 aliphatic rings. The molecule has 0 saturated carbocycles. The molecule has 0 heterocycles. The van der Waals surface area contributed by atoms with Crippen LogP contribution in [0.3, 0.4) is 0 Å². The Hall–Kier alpha value is -0.870. The number of anilines is 1. The highest BCUT2D eigenvalue weighted by atomic mass is 79.9. The van der Waals surface area contributed by atoms with Crippen molar-refractivity contribution in [2.24, 2.45) is 0 Å². The van der Waals surface area contributed by atoms with E-state index in [-0.39, 0.29) is 10.7 Å². The van der Waals surface area contributed by atoms with Gasteiger partial charge in [0.05, 0.1) is 10.5 Å². The lowest BCUT2D eigenvalue weighted by Crippen LogP contribution is -2.33. The van der Waals surface area contributed by atoms with Gasteiger partial charge < -0.3 is 0 Å². The lowest BCUT2D eigenvalue weighted by molar-refractivity contribution is -0.123. The summed E-state index contributed by atoms with van der Waals surface area (Å²) in [5, 5.41) is 10.3. The third kappa shape index (κ3) is 3.32. The molecule has 0 saturated heterocycles. The van der Waals surface area contributed by atoms with Gasteiger partial charge in [0.1, 0.15) is 0 Å². The molecule has 1 aromatic carbocycles. The number of rotatable bonds is 4. The Bertz CT molecular complexity index is 316. The fraction of sp³-hybridized carbons (Fsp3) is 0.364. The Kier molecular flexibility index (Phi) is 4.78. The molecule has 0 aromatic heterocycles. The van der Waals surface area contributed by atoms with Crippen LogP contribution in [0.15, 0.2) is 30.3 Å². The van der Waals surface area contributed by atoms with Crippen molar-refractivity contribution in [2.45, 2.75) is 24.6 Å². The molecule has 1 unspecified atom stereocenters. The average molecular weight is 272 g/mol. The second kappa shape index (κ2) is 5.88. The summed E-state index contributed by atoms with van der Waals surface area (Å²) in [7, 11) is 0. The molecular formula is C11H14BrNO2. The molecule has 3 nitrogen and oxygen atoms in total. The Balaban J connectivity index is 2.69. The summed E-state index contributed by atoms with van der Waals surface area (Å²) >= 11 is 3.25. The number of hydroxylamine groups is 1. The summed E-state index contributed by atoms with van der Waals surface area (Å²) in [5.74, 6) is -0.331. The van der Waals surface area contributed by atoms with Crippen molar-refractivity contribution < 1.29 is 10.0 Å². The van der Waals surface area contributed by atoms with E-state index in [4.69, 9.17) is 0 Å². The summed E-state index contributed by atoms with van der Waals surface area (Å²) in [4.78, 5) is 11.3. The SMILES string of the molecule is CCCC(Br)C(=O)N(O)c1ccccc1. The number of benzene rings is 1. The van der Waals surface area contributed by atoms with Gasteiger partial charge in [-0.15, -0.1) is 0 Å². The van der Waals surface area contributed by atoms with E-state index in [0.29, 0.717) is 17.2 Å². The first-order chi connectivity index (χ1) is 7.16. The smallest absolute Gasteiger partial charge is 0.264 e. The first-order valence-corrected chi connectivity index (χ1v) is 5.80. The standard InChI is InChI=1S/C11H14BrNO2/c1-2-6-10(12)11(14)13(15)9-7-4-3-5-8-9/h3-5,7-8,10,15H,2,6H2,1H3. The maximum atomic E-state index is 11.7. The maximum Gasteiger partial charge on any atom is 0.264 e. The van der Waals surface area contributed by atoms with Gasteiger partial charge in [0, 0.05) is 0 Å². The van der Waals surface area contributed by atoms with Crippen LogP contribution < -0.4 is 5.06 Å². The predicted molar refractivity (Wildman–Crippen MR) is 63.3 cm³/mol. The van der Waals surface area contributed by atoms with E-state index >= 15 is 0 Å². The number of hydrogen-bond donors (Lipinski definition) is 1. The van der Waals surface area contributed by atoms with Gasteiger partial charge in [-0.05, 0) is 18.6 Å². The van der Waals surface area contributed by atoms with Crippen molar-refractivity contribution >= 4 is 27.5 Å². The van der Waals surface area contributed by atoms with Crippen molar-refractivity contribution in [1.29, 1.82) is 0 Å². The molecule has 1 atom stereocenters. The Labute approximate surface area is 97.8 Å². The largest absolute Gasteiger partial charge is 0.281 e. The highest BCUT2D eigenvalue weighted by Gasteiger charge is 2.20. The number of hydrogen-bond acceptors (Lipinski definition) is 2. The lowest BCUT2D eigenvalue weighted by atomic mass is 10.2. The van der Waals surface area contributed by atoms with Crippen molar-refractivity contribution in [2.75, 3.05) is 5.06 Å². The fourth-order valence-corrected chi connectivity index (χ4v) is 1.86. The van der Waals surface area contributed by atoms with Gasteiger partial charge in [-0.1, -0.05) is 47.5 Å². The van der Waals surface area contributed by atoms with E-state index in [1.807, 2.05) is 13.0 Å². The number of alkyl halides is 1. The van der Waals surface area contributed by atoms with Gasteiger partial charge in [-0.25, -0.2) is 0 Å². The second-order valence-corrected chi connectivity index (χ2v) is 4.35. The van der Waals surface area contributed by atoms with Crippen LogP contribution in [0.25, 0.3) is 0 Å². The number of carbonyl (C=O) groups is 1. The van der Waals surface area contributed by atoms with Gasteiger partial charge in [-0.2, -0.15) is 5.06 Å². The number of halogens is 1. The first-order valence-electron chi connectivity index (χ1n) is 4.88. The molecule has 0 aliphatic heterocycles. The quantitative estimate of drug-likeness (QED) is 0.520. The van der Waals surface area contributed by atoms with E-state index in [9.17, 15) is 10.0 Å². The summed E-state index contributed by atoms with van der Waals surface area (Å²) in [6, 6.07) is 8.75. The molecule has 1 amide bonds. The van der Waals surface area contributed by atoms with E-state index in [1.54, 1.807) is 24.3 Å². The van der Waals surface area contributed by atoms with Crippen LogP contribution in [0, 0.1) is 0 Å². The van der Waals surface area contributed by atoms with Crippen LogP contribution in [0.5, 0.6) is 0 Å². The summed E-state index contributed by atoms with van der Waals surface area (Å²) < 4.78 is 0. The van der Waals surface area contributed by atoms with Crippen molar-refractivity contribution in [3.05, 3.63) is 30.3 Å². The first kappa shape index (κ1) is 12.2. The van der Waals surface area contributed by atoms with Crippen molar-refractivity contribution in [3.8, 4) is 0 Å². The Morgan fingerprint density at radius 2 is 2.07 bits per heavy atom. The molecule has 1 rings (SSSR count). The molecule has 1 aromatic rings. The van der Waals surface area contributed by atoms with Crippen LogP contribution in [0.2, 0.25) is 0 Å². The normalized spacial score (nSPS) is 12.2.